The highest BCUT2D eigenvalue weighted by molar-refractivity contribution is 7.17. The van der Waals surface area contributed by atoms with Crippen molar-refractivity contribution in [3.63, 3.8) is 0 Å². The Labute approximate surface area is 167 Å². The molecule has 8 heteroatoms. The quantitative estimate of drug-likeness (QED) is 0.746. The SMILES string of the molecule is CCOC(=O)c1c(NC(=O)COC(=O)c2ccccn2)sc2c1CC[C@@H](C)C2. The van der Waals surface area contributed by atoms with E-state index in [1.54, 1.807) is 19.1 Å². The van der Waals surface area contributed by atoms with E-state index in [1.807, 2.05) is 0 Å². The molecular formula is C20H22N2O5S. The van der Waals surface area contributed by atoms with E-state index in [1.165, 1.54) is 23.6 Å². The van der Waals surface area contributed by atoms with Crippen LogP contribution in [0.15, 0.2) is 24.4 Å². The van der Waals surface area contributed by atoms with Gasteiger partial charge in [-0.05, 0) is 49.8 Å². The summed E-state index contributed by atoms with van der Waals surface area (Å²) in [5.41, 5.74) is 1.52. The number of carbonyl (C=O) groups excluding carboxylic acids is 3. The second-order valence-electron chi connectivity index (χ2n) is 6.62. The molecule has 2 heterocycles. The van der Waals surface area contributed by atoms with E-state index in [0.29, 0.717) is 16.5 Å². The van der Waals surface area contributed by atoms with Gasteiger partial charge >= 0.3 is 11.9 Å². The van der Waals surface area contributed by atoms with Gasteiger partial charge in [0.25, 0.3) is 5.91 Å². The molecule has 7 nitrogen and oxygen atoms in total. The first-order chi connectivity index (χ1) is 13.5. The number of anilines is 1. The van der Waals surface area contributed by atoms with E-state index in [9.17, 15) is 14.4 Å². The van der Waals surface area contributed by atoms with Crippen LogP contribution < -0.4 is 5.32 Å². The molecule has 0 aliphatic heterocycles. The Morgan fingerprint density at radius 2 is 2.07 bits per heavy atom. The number of nitrogens with one attached hydrogen (secondary N) is 1. The zero-order valence-corrected chi connectivity index (χ0v) is 16.6. The Morgan fingerprint density at radius 3 is 2.79 bits per heavy atom. The first-order valence-electron chi connectivity index (χ1n) is 9.19. The average molecular weight is 402 g/mol. The van der Waals surface area contributed by atoms with Gasteiger partial charge in [-0.15, -0.1) is 11.3 Å². The number of hydrogen-bond acceptors (Lipinski definition) is 7. The largest absolute Gasteiger partial charge is 0.462 e. The van der Waals surface area contributed by atoms with Crippen molar-refractivity contribution in [2.45, 2.75) is 33.1 Å². The van der Waals surface area contributed by atoms with Crippen LogP contribution in [0.5, 0.6) is 0 Å². The van der Waals surface area contributed by atoms with Crippen LogP contribution in [-0.2, 0) is 27.1 Å². The smallest absolute Gasteiger partial charge is 0.357 e. The third-order valence-corrected chi connectivity index (χ3v) is 5.62. The summed E-state index contributed by atoms with van der Waals surface area (Å²) < 4.78 is 10.2. The Morgan fingerprint density at radius 1 is 1.25 bits per heavy atom. The van der Waals surface area contributed by atoms with Gasteiger partial charge in [0.15, 0.2) is 6.61 Å². The molecule has 0 radical (unpaired) electrons. The number of hydrogen-bond donors (Lipinski definition) is 1. The van der Waals surface area contributed by atoms with Gasteiger partial charge in [-0.25, -0.2) is 14.6 Å². The van der Waals surface area contributed by atoms with Crippen LogP contribution in [0.2, 0.25) is 0 Å². The first kappa shape index (κ1) is 20.0. The van der Waals surface area contributed by atoms with Crippen molar-refractivity contribution in [3.8, 4) is 0 Å². The number of nitrogens with zero attached hydrogens (tertiary/aromatic N) is 1. The normalized spacial score (nSPS) is 15.4. The molecule has 1 aliphatic rings. The van der Waals surface area contributed by atoms with E-state index in [-0.39, 0.29) is 12.3 Å². The predicted octanol–water partition coefficient (Wildman–Crippen LogP) is 3.24. The molecular weight excluding hydrogens is 380 g/mol. The lowest BCUT2D eigenvalue weighted by molar-refractivity contribution is -0.119. The molecule has 0 unspecified atom stereocenters. The Bertz CT molecular complexity index is 878. The van der Waals surface area contributed by atoms with Crippen LogP contribution >= 0.6 is 11.3 Å². The molecule has 0 saturated heterocycles. The number of carbonyl (C=O) groups is 3. The van der Waals surface area contributed by atoms with Gasteiger partial charge in [0, 0.05) is 11.1 Å². The summed E-state index contributed by atoms with van der Waals surface area (Å²) in [6.07, 6.45) is 4.12. The van der Waals surface area contributed by atoms with Gasteiger partial charge in [0.05, 0.1) is 12.2 Å². The fourth-order valence-corrected chi connectivity index (χ4v) is 4.52. The Balaban J connectivity index is 1.71. The molecule has 1 aliphatic carbocycles. The van der Waals surface area contributed by atoms with E-state index >= 15 is 0 Å². The molecule has 1 amide bonds. The lowest BCUT2D eigenvalue weighted by Crippen LogP contribution is -2.22. The minimum Gasteiger partial charge on any atom is -0.462 e. The van der Waals surface area contributed by atoms with E-state index < -0.39 is 24.5 Å². The number of pyridine rings is 1. The summed E-state index contributed by atoms with van der Waals surface area (Å²) in [6.45, 7) is 3.71. The third kappa shape index (κ3) is 4.56. The monoisotopic (exact) mass is 402 g/mol. The van der Waals surface area contributed by atoms with Gasteiger partial charge in [0.1, 0.15) is 10.7 Å². The van der Waals surface area contributed by atoms with Crippen LogP contribution in [0, 0.1) is 5.92 Å². The highest BCUT2D eigenvalue weighted by Crippen LogP contribution is 2.40. The maximum Gasteiger partial charge on any atom is 0.357 e. The number of fused-ring (bicyclic) bond motifs is 1. The molecule has 1 N–H and O–H groups in total. The Kier molecular flexibility index (Phi) is 6.41. The molecule has 0 aromatic carbocycles. The lowest BCUT2D eigenvalue weighted by atomic mass is 9.88. The minimum absolute atomic E-state index is 0.128. The molecule has 0 bridgehead atoms. The van der Waals surface area contributed by atoms with Crippen molar-refractivity contribution in [1.82, 2.24) is 4.98 Å². The lowest BCUT2D eigenvalue weighted by Gasteiger charge is -2.18. The summed E-state index contributed by atoms with van der Waals surface area (Å²) in [5, 5.41) is 3.16. The molecule has 0 fully saturated rings. The zero-order valence-electron chi connectivity index (χ0n) is 15.8. The second kappa shape index (κ2) is 8.97. The highest BCUT2D eigenvalue weighted by atomic mass is 32.1. The summed E-state index contributed by atoms with van der Waals surface area (Å²) in [6, 6.07) is 4.85. The van der Waals surface area contributed by atoms with Crippen LogP contribution in [0.3, 0.4) is 0 Å². The van der Waals surface area contributed by atoms with Gasteiger partial charge in [-0.3, -0.25) is 4.79 Å². The van der Waals surface area contributed by atoms with Crippen molar-refractivity contribution >= 4 is 34.2 Å². The summed E-state index contributed by atoms with van der Waals surface area (Å²) in [7, 11) is 0. The van der Waals surface area contributed by atoms with Crippen LogP contribution in [0.25, 0.3) is 0 Å². The van der Waals surface area contributed by atoms with Gasteiger partial charge in [0.2, 0.25) is 0 Å². The van der Waals surface area contributed by atoms with E-state index in [4.69, 9.17) is 9.47 Å². The maximum atomic E-state index is 12.5. The van der Waals surface area contributed by atoms with Crippen molar-refractivity contribution in [2.75, 3.05) is 18.5 Å². The first-order valence-corrected chi connectivity index (χ1v) is 10.0. The fraction of sp³-hybridized carbons (Fsp3) is 0.400. The van der Waals surface area contributed by atoms with Gasteiger partial charge in [-0.1, -0.05) is 13.0 Å². The zero-order chi connectivity index (χ0) is 20.1. The molecule has 28 heavy (non-hydrogen) atoms. The summed E-state index contributed by atoms with van der Waals surface area (Å²) >= 11 is 1.39. The van der Waals surface area contributed by atoms with Crippen LogP contribution in [0.4, 0.5) is 5.00 Å². The standard InChI is InChI=1S/C20H22N2O5S/c1-3-26-20(25)17-13-8-7-12(2)10-15(13)28-18(17)22-16(23)11-27-19(24)14-6-4-5-9-21-14/h4-6,9,12H,3,7-8,10-11H2,1-2H3,(H,22,23)/t12-/m1/s1. The average Bonchev–Trinajstić information content (AvgIpc) is 3.03. The van der Waals surface area contributed by atoms with Gasteiger partial charge in [-0.2, -0.15) is 0 Å². The Hall–Kier alpha value is -2.74. The number of rotatable bonds is 6. The fourth-order valence-electron chi connectivity index (χ4n) is 3.11. The molecule has 3 rings (SSSR count). The number of thiophene rings is 1. The molecule has 0 saturated carbocycles. The minimum atomic E-state index is -0.680. The summed E-state index contributed by atoms with van der Waals surface area (Å²) in [5.74, 6) is -1.10. The van der Waals surface area contributed by atoms with Gasteiger partial charge < -0.3 is 14.8 Å². The topological polar surface area (TPSA) is 94.6 Å². The number of aromatic nitrogens is 1. The number of amides is 1. The third-order valence-electron chi connectivity index (χ3n) is 4.45. The number of esters is 2. The van der Waals surface area contributed by atoms with Crippen molar-refractivity contribution in [3.05, 3.63) is 46.1 Å². The molecule has 2 aromatic heterocycles. The van der Waals surface area contributed by atoms with Crippen molar-refractivity contribution in [2.24, 2.45) is 5.92 Å². The summed E-state index contributed by atoms with van der Waals surface area (Å²) in [4.78, 5) is 41.7. The molecule has 0 spiro atoms. The van der Waals surface area contributed by atoms with E-state index in [2.05, 4.69) is 17.2 Å². The number of ether oxygens (including phenoxy) is 2. The van der Waals surface area contributed by atoms with Crippen LogP contribution in [-0.4, -0.2) is 36.0 Å². The maximum absolute atomic E-state index is 12.5. The molecule has 1 atom stereocenters. The molecule has 2 aromatic rings. The van der Waals surface area contributed by atoms with Crippen molar-refractivity contribution in [1.29, 1.82) is 0 Å². The van der Waals surface area contributed by atoms with Crippen LogP contribution in [0.1, 0.15) is 51.6 Å². The highest BCUT2D eigenvalue weighted by Gasteiger charge is 2.29. The van der Waals surface area contributed by atoms with Crippen molar-refractivity contribution < 1.29 is 23.9 Å². The predicted molar refractivity (Wildman–Crippen MR) is 105 cm³/mol. The molecule has 148 valence electrons. The van der Waals surface area contributed by atoms with E-state index in [0.717, 1.165) is 29.7 Å². The second-order valence-corrected chi connectivity index (χ2v) is 7.72.